The number of hydrogen-bond acceptors (Lipinski definition) is 5. The summed E-state index contributed by atoms with van der Waals surface area (Å²) >= 11 is 4.87. The van der Waals surface area contributed by atoms with Crippen molar-refractivity contribution in [1.82, 2.24) is 0 Å². The summed E-state index contributed by atoms with van der Waals surface area (Å²) < 4.78 is 11.1. The second kappa shape index (κ2) is 8.48. The van der Waals surface area contributed by atoms with Gasteiger partial charge in [-0.25, -0.2) is 4.79 Å². The normalized spacial score (nSPS) is 16.1. The van der Waals surface area contributed by atoms with Crippen LogP contribution >= 0.6 is 27.3 Å². The number of esters is 1. The molecule has 0 radical (unpaired) electrons. The maximum Gasteiger partial charge on any atom is 0.341 e. The number of benzene rings is 1. The summed E-state index contributed by atoms with van der Waals surface area (Å²) in [5.41, 5.74) is 2.10. The van der Waals surface area contributed by atoms with E-state index in [2.05, 4.69) is 42.0 Å². The van der Waals surface area contributed by atoms with Crippen molar-refractivity contribution in [3.8, 4) is 5.75 Å². The van der Waals surface area contributed by atoms with Gasteiger partial charge in [-0.1, -0.05) is 36.7 Å². The van der Waals surface area contributed by atoms with Crippen LogP contribution in [0.3, 0.4) is 0 Å². The lowest BCUT2D eigenvalue weighted by molar-refractivity contribution is 0.0600. The van der Waals surface area contributed by atoms with Crippen LogP contribution < -0.4 is 10.1 Å². The van der Waals surface area contributed by atoms with Crippen LogP contribution in [-0.4, -0.2) is 26.1 Å². The number of rotatable bonds is 4. The Morgan fingerprint density at radius 2 is 1.97 bits per heavy atom. The second-order valence-corrected chi connectivity index (χ2v) is 10.3. The third kappa shape index (κ3) is 4.51. The molecule has 0 bridgehead atoms. The lowest BCUT2D eigenvalue weighted by Crippen LogP contribution is -2.26. The predicted octanol–water partition coefficient (Wildman–Crippen LogP) is 5.71. The Morgan fingerprint density at radius 3 is 2.59 bits per heavy atom. The topological polar surface area (TPSA) is 64.6 Å². The summed E-state index contributed by atoms with van der Waals surface area (Å²) in [6.45, 7) is 6.75. The highest BCUT2D eigenvalue weighted by Gasteiger charge is 2.34. The average Bonchev–Trinajstić information content (AvgIpc) is 3.03. The zero-order chi connectivity index (χ0) is 21.3. The molecule has 7 heteroatoms. The smallest absolute Gasteiger partial charge is 0.341 e. The Labute approximate surface area is 183 Å². The molecule has 0 saturated carbocycles. The van der Waals surface area contributed by atoms with E-state index in [4.69, 9.17) is 9.47 Å². The van der Waals surface area contributed by atoms with Gasteiger partial charge in [0.15, 0.2) is 0 Å². The molecule has 0 fully saturated rings. The maximum absolute atomic E-state index is 13.0. The summed E-state index contributed by atoms with van der Waals surface area (Å²) in [6.07, 6.45) is 2.74. The van der Waals surface area contributed by atoms with E-state index < -0.39 is 5.97 Å². The van der Waals surface area contributed by atoms with Crippen LogP contribution in [-0.2, 0) is 17.6 Å². The number of nitrogens with one attached hydrogen (secondary N) is 1. The van der Waals surface area contributed by atoms with Crippen molar-refractivity contribution < 1.29 is 19.1 Å². The van der Waals surface area contributed by atoms with Crippen molar-refractivity contribution in [2.24, 2.45) is 11.3 Å². The Hall–Kier alpha value is -1.86. The molecule has 1 amide bonds. The van der Waals surface area contributed by atoms with E-state index in [0.29, 0.717) is 27.8 Å². The largest absolute Gasteiger partial charge is 0.496 e. The lowest BCUT2D eigenvalue weighted by Gasteiger charge is -2.33. The maximum atomic E-state index is 13.0. The van der Waals surface area contributed by atoms with E-state index in [1.54, 1.807) is 12.1 Å². The first-order valence-corrected chi connectivity index (χ1v) is 11.1. The molecular weight excluding hydrogens is 454 g/mol. The van der Waals surface area contributed by atoms with Gasteiger partial charge in [-0.05, 0) is 54.4 Å². The predicted molar refractivity (Wildman–Crippen MR) is 119 cm³/mol. The molecule has 156 valence electrons. The number of fused-ring (bicyclic) bond motifs is 1. The second-order valence-electron chi connectivity index (χ2n) is 8.30. The monoisotopic (exact) mass is 479 g/mol. The van der Waals surface area contributed by atoms with E-state index in [1.807, 2.05) is 6.07 Å². The number of methoxy groups -OCH3 is 2. The quantitative estimate of drug-likeness (QED) is 0.570. The molecule has 1 aliphatic rings. The van der Waals surface area contributed by atoms with Gasteiger partial charge < -0.3 is 14.8 Å². The molecule has 29 heavy (non-hydrogen) atoms. The van der Waals surface area contributed by atoms with Crippen LogP contribution in [0.2, 0.25) is 0 Å². The lowest BCUT2D eigenvalue weighted by atomic mass is 9.72. The molecule has 0 saturated heterocycles. The van der Waals surface area contributed by atoms with Gasteiger partial charge in [-0.3, -0.25) is 4.79 Å². The molecule has 0 spiro atoms. The number of ether oxygens (including phenoxy) is 2. The number of carbonyl (C=O) groups excluding carboxylic acids is 2. The molecule has 2 aromatic rings. The molecule has 1 N–H and O–H groups in total. The van der Waals surface area contributed by atoms with Gasteiger partial charge in [-0.15, -0.1) is 11.3 Å². The van der Waals surface area contributed by atoms with Gasteiger partial charge in [0.2, 0.25) is 0 Å². The molecule has 1 unspecified atom stereocenters. The summed E-state index contributed by atoms with van der Waals surface area (Å²) in [5.74, 6) is 0.278. The number of thiophene rings is 1. The number of amides is 1. The minimum Gasteiger partial charge on any atom is -0.496 e. The van der Waals surface area contributed by atoms with Crippen molar-refractivity contribution in [1.29, 1.82) is 0 Å². The highest BCUT2D eigenvalue weighted by atomic mass is 79.9. The van der Waals surface area contributed by atoms with E-state index in [0.717, 1.165) is 34.2 Å². The van der Waals surface area contributed by atoms with Crippen molar-refractivity contribution >= 4 is 44.1 Å². The minimum absolute atomic E-state index is 0.195. The minimum atomic E-state index is -0.409. The third-order valence-corrected chi connectivity index (χ3v) is 7.18. The molecule has 1 heterocycles. The van der Waals surface area contributed by atoms with Crippen LogP contribution in [0.1, 0.15) is 58.3 Å². The fourth-order valence-corrected chi connectivity index (χ4v) is 5.43. The first-order valence-electron chi connectivity index (χ1n) is 9.53. The molecular formula is C22H26BrNO4S. The molecule has 3 rings (SSSR count). The average molecular weight is 480 g/mol. The van der Waals surface area contributed by atoms with E-state index >= 15 is 0 Å². The van der Waals surface area contributed by atoms with Crippen LogP contribution in [0.15, 0.2) is 22.7 Å². The summed E-state index contributed by atoms with van der Waals surface area (Å²) in [4.78, 5) is 26.7. The first-order chi connectivity index (χ1) is 13.7. The van der Waals surface area contributed by atoms with Crippen LogP contribution in [0, 0.1) is 11.3 Å². The molecule has 1 atom stereocenters. The Balaban J connectivity index is 1.98. The van der Waals surface area contributed by atoms with E-state index in [9.17, 15) is 9.59 Å². The molecule has 1 aromatic carbocycles. The fraction of sp³-hybridized carbons (Fsp3) is 0.455. The van der Waals surface area contributed by atoms with Crippen molar-refractivity contribution in [3.05, 3.63) is 44.2 Å². The standard InChI is InChI=1S/C22H26BrNO4S/c1-22(2,3)12-6-8-14-17(10-12)29-20(18(14)21(26)28-5)24-19(25)15-11-13(23)7-9-16(15)27-4/h7,9,11-12H,6,8,10H2,1-5H3,(H,24,25). The number of anilines is 1. The van der Waals surface area contributed by atoms with Gasteiger partial charge >= 0.3 is 5.97 Å². The van der Waals surface area contributed by atoms with Crippen molar-refractivity contribution in [2.75, 3.05) is 19.5 Å². The van der Waals surface area contributed by atoms with Crippen LogP contribution in [0.25, 0.3) is 0 Å². The number of hydrogen-bond donors (Lipinski definition) is 1. The third-order valence-electron chi connectivity index (χ3n) is 5.51. The summed E-state index contributed by atoms with van der Waals surface area (Å²) in [5, 5.41) is 3.48. The molecule has 1 aliphatic carbocycles. The van der Waals surface area contributed by atoms with Gasteiger partial charge in [0.25, 0.3) is 5.91 Å². The number of halogens is 1. The highest BCUT2D eigenvalue weighted by Crippen LogP contribution is 2.44. The van der Waals surface area contributed by atoms with Crippen molar-refractivity contribution in [2.45, 2.75) is 40.0 Å². The SMILES string of the molecule is COC(=O)c1c(NC(=O)c2cc(Br)ccc2OC)sc2c1CCC(C(C)(C)C)C2. The molecule has 0 aliphatic heterocycles. The Bertz CT molecular complexity index is 945. The summed E-state index contributed by atoms with van der Waals surface area (Å²) in [6, 6.07) is 5.24. The highest BCUT2D eigenvalue weighted by molar-refractivity contribution is 9.10. The van der Waals surface area contributed by atoms with Gasteiger partial charge in [-0.2, -0.15) is 0 Å². The zero-order valence-electron chi connectivity index (χ0n) is 17.3. The summed E-state index contributed by atoms with van der Waals surface area (Å²) in [7, 11) is 2.90. The molecule has 5 nitrogen and oxygen atoms in total. The molecule has 1 aromatic heterocycles. The Morgan fingerprint density at radius 1 is 1.24 bits per heavy atom. The van der Waals surface area contributed by atoms with Crippen LogP contribution in [0.5, 0.6) is 5.75 Å². The van der Waals surface area contributed by atoms with Gasteiger partial charge in [0.1, 0.15) is 10.8 Å². The van der Waals surface area contributed by atoms with Gasteiger partial charge in [0, 0.05) is 9.35 Å². The van der Waals surface area contributed by atoms with E-state index in [-0.39, 0.29) is 11.3 Å². The van der Waals surface area contributed by atoms with E-state index in [1.165, 1.54) is 25.6 Å². The van der Waals surface area contributed by atoms with Crippen LogP contribution in [0.4, 0.5) is 5.00 Å². The Kier molecular flexibility index (Phi) is 6.39. The number of carbonyl (C=O) groups is 2. The fourth-order valence-electron chi connectivity index (χ4n) is 3.76. The van der Waals surface area contributed by atoms with Crippen molar-refractivity contribution in [3.63, 3.8) is 0 Å². The van der Waals surface area contributed by atoms with Gasteiger partial charge in [0.05, 0.1) is 25.3 Å². The zero-order valence-corrected chi connectivity index (χ0v) is 19.8. The first kappa shape index (κ1) is 21.8.